The van der Waals surface area contributed by atoms with Gasteiger partial charge in [0.1, 0.15) is 5.82 Å². The molecule has 168 valence electrons. The van der Waals surface area contributed by atoms with Crippen LogP contribution in [0.15, 0.2) is 41.7 Å². The van der Waals surface area contributed by atoms with E-state index in [9.17, 15) is 9.18 Å². The molecule has 10 heteroatoms. The van der Waals surface area contributed by atoms with Gasteiger partial charge < -0.3 is 19.4 Å². The van der Waals surface area contributed by atoms with Gasteiger partial charge in [0.2, 0.25) is 12.2 Å². The zero-order chi connectivity index (χ0) is 22.9. The summed E-state index contributed by atoms with van der Waals surface area (Å²) in [5.41, 5.74) is 1.84. The van der Waals surface area contributed by atoms with Crippen LogP contribution >= 0.6 is 11.8 Å². The van der Waals surface area contributed by atoms with Crippen molar-refractivity contribution in [3.8, 4) is 22.6 Å². The third-order valence-electron chi connectivity index (χ3n) is 5.16. The molecule has 1 aromatic carbocycles. The van der Waals surface area contributed by atoms with Crippen molar-refractivity contribution >= 4 is 17.7 Å². The molecule has 1 aliphatic heterocycles. The lowest BCUT2D eigenvalue weighted by Crippen LogP contribution is -2.48. The van der Waals surface area contributed by atoms with Gasteiger partial charge in [-0.2, -0.15) is 0 Å². The van der Waals surface area contributed by atoms with E-state index in [2.05, 4.69) is 15.0 Å². The second kappa shape index (κ2) is 8.97. The van der Waals surface area contributed by atoms with Crippen molar-refractivity contribution in [2.45, 2.75) is 18.4 Å². The molecule has 0 aliphatic carbocycles. The van der Waals surface area contributed by atoms with Crippen molar-refractivity contribution in [1.29, 1.82) is 0 Å². The third kappa shape index (κ3) is 4.38. The molecule has 8 nitrogen and oxygen atoms in total. The number of amides is 1. The monoisotopic (exact) mass is 457 g/mol. The number of carbonyl (C=O) groups is 1. The number of aromatic nitrogens is 4. The maximum Gasteiger partial charge on any atom is 0.232 e. The molecule has 32 heavy (non-hydrogen) atoms. The number of halogens is 1. The molecule has 0 bridgehead atoms. The summed E-state index contributed by atoms with van der Waals surface area (Å²) in [6, 6.07) is 7.86. The van der Waals surface area contributed by atoms with Crippen molar-refractivity contribution in [2.75, 3.05) is 33.6 Å². The fraction of sp³-hybridized carbons (Fsp3) is 0.364. The Bertz CT molecular complexity index is 1110. The maximum absolute atomic E-state index is 13.5. The molecule has 1 N–H and O–H groups in total. The van der Waals surface area contributed by atoms with Gasteiger partial charge in [0.15, 0.2) is 11.0 Å². The van der Waals surface area contributed by atoms with Crippen LogP contribution in [0.1, 0.15) is 19.0 Å². The van der Waals surface area contributed by atoms with E-state index in [0.717, 1.165) is 5.56 Å². The van der Waals surface area contributed by atoms with Gasteiger partial charge in [-0.3, -0.25) is 4.79 Å². The molecule has 3 aromatic rings. The standard InChI is InChI=1S/C22H24FN5O3S/c1-22(20(29)28(2)3)11-30-19(31-12-22)18-26-16(13-5-7-14(23)8-6-13)17(27-18)15-9-10-24-21(25-15)32-4/h5-10,19H,11-12H2,1-4H3,(H,26,27). The average molecular weight is 458 g/mol. The molecule has 4 rings (SSSR count). The predicted molar refractivity (Wildman–Crippen MR) is 118 cm³/mol. The summed E-state index contributed by atoms with van der Waals surface area (Å²) in [4.78, 5) is 30.8. The van der Waals surface area contributed by atoms with Crippen LogP contribution in [0.3, 0.4) is 0 Å². The molecule has 3 heterocycles. The number of carbonyl (C=O) groups excluding carboxylic acids is 1. The SMILES string of the molecule is CSc1nccc(-c2[nH]c(C3OCC(C)(C(=O)N(C)C)CO3)nc2-c2ccc(F)cc2)n1. The van der Waals surface area contributed by atoms with Crippen LogP contribution in [0.25, 0.3) is 22.6 Å². The van der Waals surface area contributed by atoms with Crippen LogP contribution in [0.2, 0.25) is 0 Å². The van der Waals surface area contributed by atoms with Crippen LogP contribution in [0.4, 0.5) is 4.39 Å². The number of benzene rings is 1. The Morgan fingerprint density at radius 1 is 1.19 bits per heavy atom. The Balaban J connectivity index is 1.68. The highest BCUT2D eigenvalue weighted by Gasteiger charge is 2.41. The summed E-state index contributed by atoms with van der Waals surface area (Å²) in [6.07, 6.45) is 2.80. The summed E-state index contributed by atoms with van der Waals surface area (Å²) in [5, 5.41) is 0.617. The molecule has 0 unspecified atom stereocenters. The number of thioether (sulfide) groups is 1. The first-order chi connectivity index (χ1) is 15.3. The van der Waals surface area contributed by atoms with Gasteiger partial charge in [-0.1, -0.05) is 11.8 Å². The fourth-order valence-corrected chi connectivity index (χ4v) is 3.87. The van der Waals surface area contributed by atoms with Crippen molar-refractivity contribution in [2.24, 2.45) is 5.41 Å². The molecule has 0 saturated carbocycles. The molecule has 0 atom stereocenters. The fourth-order valence-electron chi connectivity index (χ4n) is 3.51. The highest BCUT2D eigenvalue weighted by Crippen LogP contribution is 2.36. The zero-order valence-electron chi connectivity index (χ0n) is 18.3. The van der Waals surface area contributed by atoms with E-state index >= 15 is 0 Å². The minimum Gasteiger partial charge on any atom is -0.348 e. The highest BCUT2D eigenvalue weighted by atomic mass is 32.2. The predicted octanol–water partition coefficient (Wildman–Crippen LogP) is 3.53. The number of hydrogen-bond acceptors (Lipinski definition) is 7. The topological polar surface area (TPSA) is 93.2 Å². The summed E-state index contributed by atoms with van der Waals surface area (Å²) in [5.74, 6) is 0.0539. The highest BCUT2D eigenvalue weighted by molar-refractivity contribution is 7.98. The number of rotatable bonds is 5. The molecule has 0 spiro atoms. The normalized spacial score (nSPS) is 20.8. The van der Waals surface area contributed by atoms with Gasteiger partial charge in [-0.15, -0.1) is 0 Å². The lowest BCUT2D eigenvalue weighted by Gasteiger charge is -2.36. The number of imidazole rings is 1. The average Bonchev–Trinajstić information content (AvgIpc) is 3.25. The number of hydrogen-bond donors (Lipinski definition) is 1. The molecule has 1 fully saturated rings. The van der Waals surface area contributed by atoms with E-state index in [1.54, 1.807) is 38.5 Å². The Kier molecular flexibility index (Phi) is 6.27. The van der Waals surface area contributed by atoms with E-state index in [-0.39, 0.29) is 24.9 Å². The van der Waals surface area contributed by atoms with Crippen molar-refractivity contribution in [1.82, 2.24) is 24.8 Å². The second-order valence-corrected chi connectivity index (χ2v) is 8.77. The first kappa shape index (κ1) is 22.4. The molecular weight excluding hydrogens is 433 g/mol. The van der Waals surface area contributed by atoms with E-state index in [1.807, 2.05) is 13.2 Å². The van der Waals surface area contributed by atoms with Gasteiger partial charge in [0.05, 0.1) is 35.7 Å². The summed E-state index contributed by atoms with van der Waals surface area (Å²) < 4.78 is 25.3. The van der Waals surface area contributed by atoms with E-state index in [0.29, 0.717) is 28.1 Å². The van der Waals surface area contributed by atoms with E-state index < -0.39 is 11.7 Å². The molecule has 1 saturated heterocycles. The first-order valence-electron chi connectivity index (χ1n) is 9.99. The lowest BCUT2D eigenvalue weighted by atomic mass is 9.90. The van der Waals surface area contributed by atoms with Crippen molar-refractivity contribution in [3.05, 3.63) is 48.2 Å². The van der Waals surface area contributed by atoms with Gasteiger partial charge in [-0.25, -0.2) is 19.3 Å². The Hall–Kier alpha value is -2.82. The van der Waals surface area contributed by atoms with Gasteiger partial charge in [0, 0.05) is 25.9 Å². The summed E-state index contributed by atoms with van der Waals surface area (Å²) in [7, 11) is 3.41. The van der Waals surface area contributed by atoms with E-state index in [4.69, 9.17) is 14.5 Å². The number of nitrogens with one attached hydrogen (secondary N) is 1. The van der Waals surface area contributed by atoms with Crippen LogP contribution in [0, 0.1) is 11.2 Å². The maximum atomic E-state index is 13.5. The number of aromatic amines is 1. The smallest absolute Gasteiger partial charge is 0.232 e. The molecular formula is C22H24FN5O3S. The lowest BCUT2D eigenvalue weighted by molar-refractivity contribution is -0.233. The molecule has 1 aliphatic rings. The summed E-state index contributed by atoms with van der Waals surface area (Å²) in [6.45, 7) is 2.20. The largest absolute Gasteiger partial charge is 0.348 e. The van der Waals surface area contributed by atoms with Crippen LogP contribution in [0.5, 0.6) is 0 Å². The third-order valence-corrected chi connectivity index (χ3v) is 5.73. The Labute approximate surface area is 189 Å². The minimum absolute atomic E-state index is 0.0614. The van der Waals surface area contributed by atoms with Crippen LogP contribution in [-0.4, -0.2) is 64.3 Å². The minimum atomic E-state index is -0.771. The number of nitrogens with zero attached hydrogens (tertiary/aromatic N) is 4. The first-order valence-corrected chi connectivity index (χ1v) is 11.2. The Morgan fingerprint density at radius 2 is 1.88 bits per heavy atom. The quantitative estimate of drug-likeness (QED) is 0.463. The molecule has 1 amide bonds. The Morgan fingerprint density at radius 3 is 2.50 bits per heavy atom. The molecule has 0 radical (unpaired) electrons. The van der Waals surface area contributed by atoms with E-state index in [1.165, 1.54) is 28.8 Å². The number of ether oxygens (including phenoxy) is 2. The number of H-pyrrole nitrogens is 1. The van der Waals surface area contributed by atoms with Gasteiger partial charge in [0.25, 0.3) is 0 Å². The van der Waals surface area contributed by atoms with Crippen LogP contribution in [-0.2, 0) is 14.3 Å². The second-order valence-electron chi connectivity index (χ2n) is 8.00. The van der Waals surface area contributed by atoms with Gasteiger partial charge >= 0.3 is 0 Å². The van der Waals surface area contributed by atoms with Crippen LogP contribution < -0.4 is 0 Å². The van der Waals surface area contributed by atoms with Crippen molar-refractivity contribution in [3.63, 3.8) is 0 Å². The molecule has 2 aromatic heterocycles. The zero-order valence-corrected chi connectivity index (χ0v) is 19.1. The summed E-state index contributed by atoms with van der Waals surface area (Å²) >= 11 is 1.43. The van der Waals surface area contributed by atoms with Crippen molar-refractivity contribution < 1.29 is 18.7 Å². The van der Waals surface area contributed by atoms with Gasteiger partial charge in [-0.05, 0) is 43.5 Å².